The SMILES string of the molecule is C[C@H]1CN(c2cc(SNC3(O)CC3)cn3c(-c4nnc(C(F)F)s4)ncc23)CCS1. The van der Waals surface area contributed by atoms with Crippen LogP contribution in [0.15, 0.2) is 23.4 Å². The molecule has 0 spiro atoms. The van der Waals surface area contributed by atoms with Crippen LogP contribution in [0.5, 0.6) is 0 Å². The van der Waals surface area contributed by atoms with Crippen molar-refractivity contribution in [1.29, 1.82) is 0 Å². The lowest BCUT2D eigenvalue weighted by molar-refractivity contribution is 0.142. The van der Waals surface area contributed by atoms with E-state index >= 15 is 0 Å². The van der Waals surface area contributed by atoms with Gasteiger partial charge in [-0.15, -0.1) is 10.2 Å². The van der Waals surface area contributed by atoms with Gasteiger partial charge in [-0.1, -0.05) is 18.3 Å². The zero-order chi connectivity index (χ0) is 20.9. The second-order valence-corrected chi connectivity index (χ2v) is 10.9. The van der Waals surface area contributed by atoms with Gasteiger partial charge < -0.3 is 10.0 Å². The van der Waals surface area contributed by atoms with E-state index in [1.807, 2.05) is 22.4 Å². The topological polar surface area (TPSA) is 78.6 Å². The van der Waals surface area contributed by atoms with Gasteiger partial charge in [-0.05, 0) is 30.9 Å². The Labute approximate surface area is 184 Å². The molecule has 1 atom stereocenters. The van der Waals surface area contributed by atoms with Gasteiger partial charge in [0.1, 0.15) is 5.72 Å². The molecule has 2 aliphatic rings. The normalized spacial score (nSPS) is 21.0. The summed E-state index contributed by atoms with van der Waals surface area (Å²) in [6.45, 7) is 4.05. The summed E-state index contributed by atoms with van der Waals surface area (Å²) in [6.07, 6.45) is 2.47. The molecule has 0 bridgehead atoms. The Kier molecular flexibility index (Phi) is 5.38. The lowest BCUT2D eigenvalue weighted by Gasteiger charge is -2.33. The number of imidazole rings is 1. The van der Waals surface area contributed by atoms with E-state index in [0.29, 0.717) is 16.1 Å². The van der Waals surface area contributed by atoms with Crippen LogP contribution in [0, 0.1) is 0 Å². The van der Waals surface area contributed by atoms with E-state index in [1.165, 1.54) is 11.9 Å². The molecule has 2 N–H and O–H groups in total. The number of hydrogen-bond donors (Lipinski definition) is 2. The van der Waals surface area contributed by atoms with E-state index in [4.69, 9.17) is 0 Å². The maximum atomic E-state index is 13.0. The summed E-state index contributed by atoms with van der Waals surface area (Å²) in [7, 11) is 0. The van der Waals surface area contributed by atoms with Crippen LogP contribution in [0.2, 0.25) is 0 Å². The number of anilines is 1. The van der Waals surface area contributed by atoms with Gasteiger partial charge in [0.05, 0.1) is 17.4 Å². The Morgan fingerprint density at radius 2 is 2.20 bits per heavy atom. The Balaban J connectivity index is 1.57. The molecule has 0 radical (unpaired) electrons. The van der Waals surface area contributed by atoms with E-state index in [2.05, 4.69) is 37.8 Å². The monoisotopic (exact) mass is 470 g/mol. The second-order valence-electron chi connectivity index (χ2n) is 7.51. The van der Waals surface area contributed by atoms with Crippen LogP contribution >= 0.6 is 35.0 Å². The highest BCUT2D eigenvalue weighted by Crippen LogP contribution is 2.38. The van der Waals surface area contributed by atoms with Crippen LogP contribution in [0.4, 0.5) is 14.5 Å². The van der Waals surface area contributed by atoms with Crippen LogP contribution in [-0.4, -0.2) is 54.5 Å². The van der Waals surface area contributed by atoms with Crippen molar-refractivity contribution in [2.24, 2.45) is 0 Å². The number of pyridine rings is 1. The van der Waals surface area contributed by atoms with Gasteiger partial charge in [0.25, 0.3) is 6.43 Å². The summed E-state index contributed by atoms with van der Waals surface area (Å²) < 4.78 is 31.0. The quantitative estimate of drug-likeness (QED) is 0.416. The number of rotatable bonds is 6. The van der Waals surface area contributed by atoms with Crippen molar-refractivity contribution in [2.75, 3.05) is 23.7 Å². The van der Waals surface area contributed by atoms with E-state index < -0.39 is 12.2 Å². The minimum atomic E-state index is -2.65. The van der Waals surface area contributed by atoms with Crippen molar-refractivity contribution in [3.63, 3.8) is 0 Å². The van der Waals surface area contributed by atoms with Crippen LogP contribution in [0.1, 0.15) is 31.2 Å². The van der Waals surface area contributed by atoms with Gasteiger partial charge >= 0.3 is 0 Å². The third-order valence-corrected chi connectivity index (χ3v) is 8.08. The minimum Gasteiger partial charge on any atom is -0.375 e. The van der Waals surface area contributed by atoms with Crippen LogP contribution < -0.4 is 9.62 Å². The predicted octanol–water partition coefficient (Wildman–Crippen LogP) is 3.81. The average Bonchev–Trinajstić information content (AvgIpc) is 3.12. The Hall–Kier alpha value is -1.47. The molecule has 3 aromatic heterocycles. The van der Waals surface area contributed by atoms with E-state index in [-0.39, 0.29) is 5.01 Å². The number of fused-ring (bicyclic) bond motifs is 1. The summed E-state index contributed by atoms with van der Waals surface area (Å²) in [5, 5.41) is 18.2. The lowest BCUT2D eigenvalue weighted by Crippen LogP contribution is -2.36. The zero-order valence-corrected chi connectivity index (χ0v) is 18.5. The molecule has 0 aromatic carbocycles. The number of nitrogens with zero attached hydrogens (tertiary/aromatic N) is 5. The molecular formula is C18H20F2N6OS3. The Bertz CT molecular complexity index is 1070. The minimum absolute atomic E-state index is 0.313. The molecule has 2 fully saturated rings. The largest absolute Gasteiger partial charge is 0.375 e. The first-order chi connectivity index (χ1) is 14.4. The fraction of sp³-hybridized carbons (Fsp3) is 0.500. The van der Waals surface area contributed by atoms with Crippen molar-refractivity contribution in [3.8, 4) is 10.8 Å². The maximum Gasteiger partial charge on any atom is 0.291 e. The summed E-state index contributed by atoms with van der Waals surface area (Å²) in [5.41, 5.74) is 1.13. The number of halogens is 2. The molecule has 30 heavy (non-hydrogen) atoms. The van der Waals surface area contributed by atoms with Crippen molar-refractivity contribution >= 4 is 46.3 Å². The lowest BCUT2D eigenvalue weighted by atomic mass is 10.2. The van der Waals surface area contributed by atoms with Gasteiger partial charge in [-0.2, -0.15) is 11.8 Å². The number of aliphatic hydroxyl groups is 1. The standard InChI is InChI=1S/C18H20F2N6OS3/c1-10-8-25(4-5-28-10)12-6-11(30-24-18(27)2-3-18)9-26-13(12)7-21-15(26)17-23-22-16(29-17)14(19)20/h6-7,9-10,14,24,27H,2-5,8H2,1H3/t10-/m0/s1. The third kappa shape index (κ3) is 4.03. The van der Waals surface area contributed by atoms with Gasteiger partial charge in [0.15, 0.2) is 15.8 Å². The van der Waals surface area contributed by atoms with Crippen molar-refractivity contribution < 1.29 is 13.9 Å². The number of thioether (sulfide) groups is 1. The van der Waals surface area contributed by atoms with Gasteiger partial charge in [-0.25, -0.2) is 18.5 Å². The average molecular weight is 471 g/mol. The number of alkyl halides is 2. The summed E-state index contributed by atoms with van der Waals surface area (Å²) >= 11 is 4.18. The third-order valence-electron chi connectivity index (χ3n) is 5.08. The predicted molar refractivity (Wildman–Crippen MR) is 116 cm³/mol. The molecule has 1 saturated heterocycles. The highest BCUT2D eigenvalue weighted by Gasteiger charge is 2.40. The van der Waals surface area contributed by atoms with Crippen molar-refractivity contribution in [3.05, 3.63) is 23.5 Å². The van der Waals surface area contributed by atoms with Crippen LogP contribution in [0.3, 0.4) is 0 Å². The highest BCUT2D eigenvalue weighted by molar-refractivity contribution is 8.00. The zero-order valence-electron chi connectivity index (χ0n) is 16.1. The van der Waals surface area contributed by atoms with Gasteiger partial charge in [0.2, 0.25) is 0 Å². The molecule has 12 heteroatoms. The molecule has 1 aliphatic heterocycles. The first-order valence-corrected chi connectivity index (χ1v) is 12.3. The fourth-order valence-corrected chi connectivity index (χ4v) is 5.89. The molecule has 7 nitrogen and oxygen atoms in total. The molecule has 1 saturated carbocycles. The van der Waals surface area contributed by atoms with Gasteiger partial charge in [0, 0.05) is 35.2 Å². The molecular weight excluding hydrogens is 450 g/mol. The molecule has 1 aliphatic carbocycles. The van der Waals surface area contributed by atoms with Gasteiger partial charge in [-0.3, -0.25) is 4.40 Å². The summed E-state index contributed by atoms with van der Waals surface area (Å²) in [4.78, 5) is 7.73. The Morgan fingerprint density at radius 3 is 2.90 bits per heavy atom. The summed E-state index contributed by atoms with van der Waals surface area (Å²) in [6, 6.07) is 2.09. The van der Waals surface area contributed by atoms with E-state index in [0.717, 1.165) is 59.1 Å². The van der Waals surface area contributed by atoms with E-state index in [1.54, 1.807) is 6.20 Å². The first-order valence-electron chi connectivity index (χ1n) is 9.58. The first kappa shape index (κ1) is 20.4. The molecule has 160 valence electrons. The molecule has 0 amide bonds. The summed E-state index contributed by atoms with van der Waals surface area (Å²) in [5.74, 6) is 1.53. The van der Waals surface area contributed by atoms with Crippen molar-refractivity contribution in [1.82, 2.24) is 24.3 Å². The molecule has 4 heterocycles. The second kappa shape index (κ2) is 7.90. The molecule has 5 rings (SSSR count). The van der Waals surface area contributed by atoms with E-state index in [9.17, 15) is 13.9 Å². The Morgan fingerprint density at radius 1 is 1.37 bits per heavy atom. The van der Waals surface area contributed by atoms with Crippen LogP contribution in [0.25, 0.3) is 16.3 Å². The maximum absolute atomic E-state index is 13.0. The molecule has 0 unspecified atom stereocenters. The number of aromatic nitrogens is 4. The van der Waals surface area contributed by atoms with Crippen molar-refractivity contribution in [2.45, 2.75) is 42.1 Å². The fourth-order valence-electron chi connectivity index (χ4n) is 3.35. The highest BCUT2D eigenvalue weighted by atomic mass is 32.2. The smallest absolute Gasteiger partial charge is 0.291 e. The number of nitrogens with one attached hydrogen (secondary N) is 1. The number of hydrogen-bond acceptors (Lipinski definition) is 9. The van der Waals surface area contributed by atoms with Crippen LogP contribution in [-0.2, 0) is 0 Å². The molecule has 3 aromatic rings.